The Labute approximate surface area is 121 Å². The number of halogens is 3. The fourth-order valence-corrected chi connectivity index (χ4v) is 2.45. The number of carbonyl (C=O) groups is 1. The van der Waals surface area contributed by atoms with E-state index in [4.69, 9.17) is 0 Å². The van der Waals surface area contributed by atoms with Crippen molar-refractivity contribution in [2.24, 2.45) is 0 Å². The van der Waals surface area contributed by atoms with Gasteiger partial charge in [0.25, 0.3) is 0 Å². The lowest BCUT2D eigenvalue weighted by Crippen LogP contribution is -2.39. The molecular formula is C14H18F3N3O. The first-order valence-corrected chi connectivity index (χ1v) is 6.90. The minimum Gasteiger partial charge on any atom is -0.352 e. The summed E-state index contributed by atoms with van der Waals surface area (Å²) in [5.74, 6) is -0.120. The summed E-state index contributed by atoms with van der Waals surface area (Å²) in [7, 11) is 0. The second-order valence-corrected chi connectivity index (χ2v) is 5.26. The summed E-state index contributed by atoms with van der Waals surface area (Å²) in [6, 6.07) is 3.50. The highest BCUT2D eigenvalue weighted by Crippen LogP contribution is 2.20. The molecule has 2 rings (SSSR count). The lowest BCUT2D eigenvalue weighted by Gasteiger charge is -2.18. The van der Waals surface area contributed by atoms with Gasteiger partial charge in [-0.3, -0.25) is 14.7 Å². The summed E-state index contributed by atoms with van der Waals surface area (Å²) in [6.45, 7) is -0.272. The molecule has 21 heavy (non-hydrogen) atoms. The lowest BCUT2D eigenvalue weighted by atomic mass is 10.1. The number of carbonyl (C=O) groups excluding carboxylic acids is 1. The van der Waals surface area contributed by atoms with E-state index in [1.54, 1.807) is 12.4 Å². The predicted octanol–water partition coefficient (Wildman–Crippen LogP) is 1.77. The van der Waals surface area contributed by atoms with Gasteiger partial charge in [-0.2, -0.15) is 13.2 Å². The van der Waals surface area contributed by atoms with E-state index in [9.17, 15) is 18.0 Å². The van der Waals surface area contributed by atoms with Gasteiger partial charge in [-0.15, -0.1) is 0 Å². The van der Waals surface area contributed by atoms with Crippen molar-refractivity contribution in [1.29, 1.82) is 0 Å². The number of hydrogen-bond acceptors (Lipinski definition) is 3. The minimum absolute atomic E-state index is 0.120. The number of pyridine rings is 1. The smallest absolute Gasteiger partial charge is 0.352 e. The molecule has 1 atom stereocenters. The molecule has 0 radical (unpaired) electrons. The van der Waals surface area contributed by atoms with E-state index in [0.717, 1.165) is 5.56 Å². The summed E-state index contributed by atoms with van der Waals surface area (Å²) >= 11 is 0. The molecule has 1 amide bonds. The van der Waals surface area contributed by atoms with Crippen LogP contribution in [-0.4, -0.2) is 47.6 Å². The second kappa shape index (κ2) is 6.89. The van der Waals surface area contributed by atoms with E-state index in [-0.39, 0.29) is 18.5 Å². The maximum atomic E-state index is 12.3. The van der Waals surface area contributed by atoms with Crippen LogP contribution in [0.3, 0.4) is 0 Å². The number of alkyl halides is 3. The van der Waals surface area contributed by atoms with Crippen LogP contribution in [0.15, 0.2) is 24.5 Å². The van der Waals surface area contributed by atoms with Crippen LogP contribution in [0, 0.1) is 0 Å². The molecule has 2 heterocycles. The number of nitrogens with zero attached hydrogens (tertiary/aromatic N) is 2. The van der Waals surface area contributed by atoms with Crippen LogP contribution in [-0.2, 0) is 11.2 Å². The highest BCUT2D eigenvalue weighted by molar-refractivity contribution is 5.76. The molecule has 0 aromatic carbocycles. The van der Waals surface area contributed by atoms with Crippen molar-refractivity contribution in [3.63, 3.8) is 0 Å². The van der Waals surface area contributed by atoms with Crippen molar-refractivity contribution >= 4 is 5.91 Å². The van der Waals surface area contributed by atoms with Crippen LogP contribution in [0.25, 0.3) is 0 Å². The molecule has 1 N–H and O–H groups in total. The molecule has 1 aromatic heterocycles. The monoisotopic (exact) mass is 301 g/mol. The number of amides is 1. The highest BCUT2D eigenvalue weighted by Gasteiger charge is 2.34. The molecule has 1 saturated heterocycles. The minimum atomic E-state index is -4.18. The Morgan fingerprint density at radius 1 is 1.38 bits per heavy atom. The van der Waals surface area contributed by atoms with Crippen molar-refractivity contribution in [2.45, 2.75) is 31.5 Å². The molecule has 0 bridgehead atoms. The van der Waals surface area contributed by atoms with Gasteiger partial charge in [0.05, 0.1) is 6.54 Å². The van der Waals surface area contributed by atoms with Gasteiger partial charge in [0.1, 0.15) is 0 Å². The Hall–Kier alpha value is -1.63. The summed E-state index contributed by atoms with van der Waals surface area (Å²) in [5.41, 5.74) is 1.02. The number of likely N-dealkylation sites (tertiary alicyclic amines) is 1. The fraction of sp³-hybridized carbons (Fsp3) is 0.571. The van der Waals surface area contributed by atoms with E-state index in [1.165, 1.54) is 4.90 Å². The van der Waals surface area contributed by atoms with Gasteiger partial charge in [0, 0.05) is 37.9 Å². The highest BCUT2D eigenvalue weighted by atomic mass is 19.4. The van der Waals surface area contributed by atoms with Gasteiger partial charge in [-0.1, -0.05) is 0 Å². The summed E-state index contributed by atoms with van der Waals surface area (Å²) < 4.78 is 36.8. The van der Waals surface area contributed by atoms with E-state index in [1.807, 2.05) is 12.1 Å². The van der Waals surface area contributed by atoms with Gasteiger partial charge in [0.2, 0.25) is 5.91 Å². The largest absolute Gasteiger partial charge is 0.401 e. The van der Waals surface area contributed by atoms with Gasteiger partial charge in [-0.05, 0) is 30.5 Å². The first-order valence-electron chi connectivity index (χ1n) is 6.90. The summed E-state index contributed by atoms with van der Waals surface area (Å²) in [5, 5.41) is 2.80. The van der Waals surface area contributed by atoms with Gasteiger partial charge in [0.15, 0.2) is 0 Å². The topological polar surface area (TPSA) is 45.2 Å². The molecule has 7 heteroatoms. The van der Waals surface area contributed by atoms with Crippen LogP contribution < -0.4 is 5.32 Å². The molecule has 0 spiro atoms. The molecule has 0 saturated carbocycles. The Morgan fingerprint density at radius 2 is 2.10 bits per heavy atom. The van der Waals surface area contributed by atoms with Crippen molar-refractivity contribution in [3.8, 4) is 0 Å². The average Bonchev–Trinajstić information content (AvgIpc) is 2.82. The maximum Gasteiger partial charge on any atom is 0.401 e. The third kappa shape index (κ3) is 5.71. The SMILES string of the molecule is O=C(CCc1ccncc1)N[C@@H]1CCN(CC(F)(F)F)C1. The molecule has 0 aliphatic carbocycles. The van der Waals surface area contributed by atoms with Gasteiger partial charge in [-0.25, -0.2) is 0 Å². The van der Waals surface area contributed by atoms with Crippen LogP contribution in [0.1, 0.15) is 18.4 Å². The Balaban J connectivity index is 1.69. The summed E-state index contributed by atoms with van der Waals surface area (Å²) in [4.78, 5) is 17.0. The van der Waals surface area contributed by atoms with Crippen molar-refractivity contribution < 1.29 is 18.0 Å². The standard InChI is InChI=1S/C14H18F3N3O/c15-14(16,17)10-20-8-5-12(9-20)19-13(21)2-1-11-3-6-18-7-4-11/h3-4,6-7,12H,1-2,5,8-10H2,(H,19,21)/t12-/m1/s1. The molecular weight excluding hydrogens is 283 g/mol. The van der Waals surface area contributed by atoms with Gasteiger partial charge < -0.3 is 5.32 Å². The third-order valence-corrected chi connectivity index (χ3v) is 3.43. The van der Waals surface area contributed by atoms with E-state index in [2.05, 4.69) is 10.3 Å². The van der Waals surface area contributed by atoms with Crippen molar-refractivity contribution in [2.75, 3.05) is 19.6 Å². The number of nitrogens with one attached hydrogen (secondary N) is 1. The number of rotatable bonds is 5. The molecule has 1 aliphatic heterocycles. The summed E-state index contributed by atoms with van der Waals surface area (Å²) in [6.07, 6.45) is 0.656. The Morgan fingerprint density at radius 3 is 2.76 bits per heavy atom. The second-order valence-electron chi connectivity index (χ2n) is 5.26. The number of hydrogen-bond donors (Lipinski definition) is 1. The Bertz CT molecular complexity index is 464. The number of aryl methyl sites for hydroxylation is 1. The molecule has 4 nitrogen and oxygen atoms in total. The predicted molar refractivity (Wildman–Crippen MR) is 71.6 cm³/mol. The molecule has 116 valence electrons. The lowest BCUT2D eigenvalue weighted by molar-refractivity contribution is -0.143. The van der Waals surface area contributed by atoms with Crippen molar-refractivity contribution in [1.82, 2.24) is 15.2 Å². The van der Waals surface area contributed by atoms with Crippen LogP contribution >= 0.6 is 0 Å². The number of aromatic nitrogens is 1. The molecule has 1 aliphatic rings. The molecule has 1 fully saturated rings. The first-order chi connectivity index (χ1) is 9.92. The molecule has 0 unspecified atom stereocenters. The zero-order valence-electron chi connectivity index (χ0n) is 11.6. The van der Waals surface area contributed by atoms with Crippen LogP contribution in [0.5, 0.6) is 0 Å². The van der Waals surface area contributed by atoms with E-state index in [0.29, 0.717) is 25.8 Å². The zero-order valence-corrected chi connectivity index (χ0v) is 11.6. The van der Waals surface area contributed by atoms with Crippen molar-refractivity contribution in [3.05, 3.63) is 30.1 Å². The van der Waals surface area contributed by atoms with E-state index >= 15 is 0 Å². The average molecular weight is 301 g/mol. The quantitative estimate of drug-likeness (QED) is 0.901. The van der Waals surface area contributed by atoms with Crippen LogP contribution in [0.4, 0.5) is 13.2 Å². The third-order valence-electron chi connectivity index (χ3n) is 3.43. The maximum absolute atomic E-state index is 12.3. The first kappa shape index (κ1) is 15.8. The Kier molecular flexibility index (Phi) is 5.17. The molecule has 1 aromatic rings. The fourth-order valence-electron chi connectivity index (χ4n) is 2.45. The zero-order chi connectivity index (χ0) is 15.3. The van der Waals surface area contributed by atoms with Gasteiger partial charge >= 0.3 is 6.18 Å². The van der Waals surface area contributed by atoms with Crippen LogP contribution in [0.2, 0.25) is 0 Å². The normalized spacial score (nSPS) is 19.7. The van der Waals surface area contributed by atoms with E-state index < -0.39 is 12.7 Å².